The third-order valence-electron chi connectivity index (χ3n) is 2.89. The molecule has 0 radical (unpaired) electrons. The summed E-state index contributed by atoms with van der Waals surface area (Å²) in [4.78, 5) is 11.0. The molecule has 1 aliphatic carbocycles. The van der Waals surface area contributed by atoms with Gasteiger partial charge in [-0.2, -0.15) is 0 Å². The van der Waals surface area contributed by atoms with E-state index in [1.54, 1.807) is 0 Å². The van der Waals surface area contributed by atoms with E-state index in [0.717, 1.165) is 6.42 Å². The van der Waals surface area contributed by atoms with Gasteiger partial charge in [-0.05, 0) is 18.8 Å². The zero-order valence-electron chi connectivity index (χ0n) is 8.71. The van der Waals surface area contributed by atoms with Gasteiger partial charge in [0.2, 0.25) is 0 Å². The Kier molecular flexibility index (Phi) is 4.43. The van der Waals surface area contributed by atoms with Gasteiger partial charge in [-0.3, -0.25) is 4.79 Å². The predicted octanol–water partition coefficient (Wildman–Crippen LogP) is 2.56. The number of hydrogen-bond donors (Lipinski definition) is 0. The van der Waals surface area contributed by atoms with Crippen molar-refractivity contribution < 1.29 is 9.53 Å². The van der Waals surface area contributed by atoms with Crippen molar-refractivity contribution in [3.8, 4) is 0 Å². The minimum Gasteiger partial charge on any atom is -0.370 e. The molecule has 0 aliphatic heterocycles. The molecule has 0 aromatic rings. The summed E-state index contributed by atoms with van der Waals surface area (Å²) in [5.74, 6) is 0.858. The van der Waals surface area contributed by atoms with Crippen LogP contribution >= 0.6 is 0 Å². The van der Waals surface area contributed by atoms with Crippen molar-refractivity contribution in [2.75, 3.05) is 6.61 Å². The highest BCUT2D eigenvalue weighted by Gasteiger charge is 2.22. The molecule has 2 unspecified atom stereocenters. The van der Waals surface area contributed by atoms with Gasteiger partial charge in [0, 0.05) is 6.42 Å². The van der Waals surface area contributed by atoms with Gasteiger partial charge in [-0.1, -0.05) is 26.7 Å². The summed E-state index contributed by atoms with van der Waals surface area (Å²) in [6.45, 7) is 4.43. The van der Waals surface area contributed by atoms with E-state index < -0.39 is 0 Å². The minimum atomic E-state index is 0.220. The molecule has 1 fully saturated rings. The molecule has 2 atom stereocenters. The summed E-state index contributed by atoms with van der Waals surface area (Å²) in [7, 11) is 0. The Morgan fingerprint density at radius 1 is 1.38 bits per heavy atom. The predicted molar refractivity (Wildman–Crippen MR) is 52.7 cm³/mol. The number of hydrogen-bond acceptors (Lipinski definition) is 2. The summed E-state index contributed by atoms with van der Waals surface area (Å²) in [5.41, 5.74) is 0. The molecule has 76 valence electrons. The normalized spacial score (nSPS) is 28.8. The fraction of sp³-hybridized carbons (Fsp3) is 0.909. The fourth-order valence-electron chi connectivity index (χ4n) is 1.83. The number of carbonyl (C=O) groups excluding carboxylic acids is 1. The molecule has 0 aromatic carbocycles. The first-order valence-corrected chi connectivity index (χ1v) is 5.37. The Morgan fingerprint density at radius 2 is 2.08 bits per heavy atom. The van der Waals surface area contributed by atoms with Crippen LogP contribution < -0.4 is 0 Å². The van der Waals surface area contributed by atoms with Crippen LogP contribution in [0.15, 0.2) is 0 Å². The molecule has 0 aromatic heterocycles. The van der Waals surface area contributed by atoms with Crippen LogP contribution in [0.2, 0.25) is 0 Å². The molecule has 0 bridgehead atoms. The third-order valence-corrected chi connectivity index (χ3v) is 2.89. The smallest absolute Gasteiger partial charge is 0.158 e. The molecule has 1 rings (SSSR count). The van der Waals surface area contributed by atoms with Crippen molar-refractivity contribution in [3.63, 3.8) is 0 Å². The standard InChI is InChI=1S/C11H20O2/c1-3-10(12)8-13-11-7-5-4-6-9(11)2/h9,11H,3-8H2,1-2H3. The highest BCUT2D eigenvalue weighted by atomic mass is 16.5. The number of Topliss-reactive ketones (excluding diaryl/α,β-unsaturated/α-hetero) is 1. The zero-order chi connectivity index (χ0) is 9.68. The lowest BCUT2D eigenvalue weighted by Crippen LogP contribution is -2.27. The highest BCUT2D eigenvalue weighted by molar-refractivity contribution is 5.79. The number of ketones is 1. The van der Waals surface area contributed by atoms with Gasteiger partial charge in [0.25, 0.3) is 0 Å². The first-order chi connectivity index (χ1) is 6.24. The molecule has 13 heavy (non-hydrogen) atoms. The van der Waals surface area contributed by atoms with E-state index in [-0.39, 0.29) is 5.78 Å². The lowest BCUT2D eigenvalue weighted by atomic mass is 9.88. The number of ether oxygens (including phenoxy) is 1. The second-order valence-corrected chi connectivity index (χ2v) is 4.00. The van der Waals surface area contributed by atoms with E-state index in [2.05, 4.69) is 6.92 Å². The molecule has 2 nitrogen and oxygen atoms in total. The average molecular weight is 184 g/mol. The second kappa shape index (κ2) is 5.38. The summed E-state index contributed by atoms with van der Waals surface area (Å²) >= 11 is 0. The largest absolute Gasteiger partial charge is 0.370 e. The Morgan fingerprint density at radius 3 is 2.69 bits per heavy atom. The third kappa shape index (κ3) is 3.47. The first kappa shape index (κ1) is 10.7. The maximum atomic E-state index is 11.0. The van der Waals surface area contributed by atoms with Crippen LogP contribution in [0.25, 0.3) is 0 Å². The van der Waals surface area contributed by atoms with E-state index in [4.69, 9.17) is 4.74 Å². The molecular weight excluding hydrogens is 164 g/mol. The molecule has 0 N–H and O–H groups in total. The fourth-order valence-corrected chi connectivity index (χ4v) is 1.83. The van der Waals surface area contributed by atoms with Gasteiger partial charge in [0.1, 0.15) is 6.61 Å². The summed E-state index contributed by atoms with van der Waals surface area (Å²) in [6.07, 6.45) is 5.91. The Hall–Kier alpha value is -0.370. The van der Waals surface area contributed by atoms with E-state index in [0.29, 0.717) is 25.0 Å². The van der Waals surface area contributed by atoms with Crippen LogP contribution in [-0.4, -0.2) is 18.5 Å². The first-order valence-electron chi connectivity index (χ1n) is 5.37. The monoisotopic (exact) mass is 184 g/mol. The highest BCUT2D eigenvalue weighted by Crippen LogP contribution is 2.26. The summed E-state index contributed by atoms with van der Waals surface area (Å²) in [6, 6.07) is 0. The summed E-state index contributed by atoms with van der Waals surface area (Å²) < 4.78 is 5.60. The van der Waals surface area contributed by atoms with E-state index in [1.807, 2.05) is 6.92 Å². The van der Waals surface area contributed by atoms with Crippen molar-refractivity contribution in [2.24, 2.45) is 5.92 Å². The quantitative estimate of drug-likeness (QED) is 0.671. The van der Waals surface area contributed by atoms with Crippen LogP contribution in [0.3, 0.4) is 0 Å². The maximum Gasteiger partial charge on any atom is 0.158 e. The van der Waals surface area contributed by atoms with Crippen LogP contribution in [0.1, 0.15) is 46.0 Å². The van der Waals surface area contributed by atoms with Crippen LogP contribution in [-0.2, 0) is 9.53 Å². The van der Waals surface area contributed by atoms with Crippen LogP contribution in [0, 0.1) is 5.92 Å². The summed E-state index contributed by atoms with van der Waals surface area (Å²) in [5, 5.41) is 0. The Bertz CT molecular complexity index is 165. The topological polar surface area (TPSA) is 26.3 Å². The molecule has 0 spiro atoms. The molecule has 0 saturated heterocycles. The zero-order valence-corrected chi connectivity index (χ0v) is 8.71. The maximum absolute atomic E-state index is 11.0. The van der Waals surface area contributed by atoms with Gasteiger partial charge in [-0.25, -0.2) is 0 Å². The lowest BCUT2D eigenvalue weighted by Gasteiger charge is -2.28. The van der Waals surface area contributed by atoms with Crippen LogP contribution in [0.4, 0.5) is 0 Å². The van der Waals surface area contributed by atoms with E-state index in [9.17, 15) is 4.79 Å². The van der Waals surface area contributed by atoms with Gasteiger partial charge in [0.05, 0.1) is 6.10 Å². The number of carbonyl (C=O) groups is 1. The average Bonchev–Trinajstić information content (AvgIpc) is 2.16. The van der Waals surface area contributed by atoms with Crippen molar-refractivity contribution >= 4 is 5.78 Å². The number of rotatable bonds is 4. The van der Waals surface area contributed by atoms with Crippen molar-refractivity contribution in [3.05, 3.63) is 0 Å². The van der Waals surface area contributed by atoms with Gasteiger partial charge in [0.15, 0.2) is 5.78 Å². The van der Waals surface area contributed by atoms with Crippen molar-refractivity contribution in [1.82, 2.24) is 0 Å². The Balaban J connectivity index is 2.22. The van der Waals surface area contributed by atoms with Crippen molar-refractivity contribution in [1.29, 1.82) is 0 Å². The van der Waals surface area contributed by atoms with Gasteiger partial charge >= 0.3 is 0 Å². The minimum absolute atomic E-state index is 0.220. The van der Waals surface area contributed by atoms with Crippen LogP contribution in [0.5, 0.6) is 0 Å². The van der Waals surface area contributed by atoms with Crippen molar-refractivity contribution in [2.45, 2.75) is 52.1 Å². The van der Waals surface area contributed by atoms with Gasteiger partial charge in [-0.15, -0.1) is 0 Å². The van der Waals surface area contributed by atoms with E-state index >= 15 is 0 Å². The molecule has 0 heterocycles. The molecule has 1 saturated carbocycles. The molecular formula is C11H20O2. The molecule has 2 heteroatoms. The Labute approximate surface area is 80.7 Å². The molecule has 0 amide bonds. The van der Waals surface area contributed by atoms with E-state index in [1.165, 1.54) is 19.3 Å². The SMILES string of the molecule is CCC(=O)COC1CCCCC1C. The van der Waals surface area contributed by atoms with Gasteiger partial charge < -0.3 is 4.74 Å². The molecule has 1 aliphatic rings. The second-order valence-electron chi connectivity index (χ2n) is 4.00. The lowest BCUT2D eigenvalue weighted by molar-refractivity contribution is -0.127.